The quantitative estimate of drug-likeness (QED) is 0.760. The van der Waals surface area contributed by atoms with E-state index in [2.05, 4.69) is 19.2 Å². The van der Waals surface area contributed by atoms with E-state index in [4.69, 9.17) is 11.6 Å². The first-order chi connectivity index (χ1) is 10.2. The van der Waals surface area contributed by atoms with E-state index in [9.17, 15) is 4.39 Å². The SMILES string of the molecule is CCCNC1CCC(CC)CC1Cc1c(F)cccc1Cl. The molecule has 0 radical (unpaired) electrons. The predicted octanol–water partition coefficient (Wildman–Crippen LogP) is 5.22. The predicted molar refractivity (Wildman–Crippen MR) is 88.3 cm³/mol. The fourth-order valence-electron chi connectivity index (χ4n) is 3.55. The molecule has 1 aliphatic rings. The molecule has 1 aromatic rings. The number of halogens is 2. The van der Waals surface area contributed by atoms with Gasteiger partial charge in [-0.1, -0.05) is 37.9 Å². The van der Waals surface area contributed by atoms with Gasteiger partial charge in [-0.3, -0.25) is 0 Å². The molecule has 0 saturated heterocycles. The van der Waals surface area contributed by atoms with Crippen LogP contribution in [0, 0.1) is 17.7 Å². The van der Waals surface area contributed by atoms with E-state index in [0.717, 1.165) is 25.3 Å². The Morgan fingerprint density at radius 2 is 2.10 bits per heavy atom. The van der Waals surface area contributed by atoms with Gasteiger partial charge in [0.25, 0.3) is 0 Å². The largest absolute Gasteiger partial charge is 0.314 e. The Balaban J connectivity index is 2.11. The van der Waals surface area contributed by atoms with E-state index >= 15 is 0 Å². The molecule has 21 heavy (non-hydrogen) atoms. The summed E-state index contributed by atoms with van der Waals surface area (Å²) >= 11 is 6.21. The van der Waals surface area contributed by atoms with Gasteiger partial charge in [0.1, 0.15) is 5.82 Å². The van der Waals surface area contributed by atoms with E-state index in [-0.39, 0.29) is 5.82 Å². The number of rotatable bonds is 6. The lowest BCUT2D eigenvalue weighted by Crippen LogP contribution is -2.42. The molecule has 0 bridgehead atoms. The summed E-state index contributed by atoms with van der Waals surface area (Å²) in [5, 5.41) is 4.23. The second-order valence-corrected chi connectivity index (χ2v) is 6.72. The zero-order valence-electron chi connectivity index (χ0n) is 13.2. The highest BCUT2D eigenvalue weighted by Gasteiger charge is 2.30. The van der Waals surface area contributed by atoms with Gasteiger partial charge in [-0.05, 0) is 62.6 Å². The number of benzene rings is 1. The average Bonchev–Trinajstić information content (AvgIpc) is 2.49. The van der Waals surface area contributed by atoms with E-state index in [1.807, 2.05) is 0 Å². The van der Waals surface area contributed by atoms with E-state index in [1.165, 1.54) is 31.7 Å². The molecule has 1 saturated carbocycles. The first-order valence-corrected chi connectivity index (χ1v) is 8.69. The fraction of sp³-hybridized carbons (Fsp3) is 0.667. The summed E-state index contributed by atoms with van der Waals surface area (Å²) in [5.74, 6) is 1.11. The number of nitrogens with one attached hydrogen (secondary N) is 1. The minimum Gasteiger partial charge on any atom is -0.314 e. The van der Waals surface area contributed by atoms with Crippen molar-refractivity contribution < 1.29 is 4.39 Å². The molecule has 3 unspecified atom stereocenters. The highest BCUT2D eigenvalue weighted by Crippen LogP contribution is 2.35. The summed E-state index contributed by atoms with van der Waals surface area (Å²) in [5.41, 5.74) is 0.698. The second kappa shape index (κ2) is 8.14. The average molecular weight is 312 g/mol. The lowest BCUT2D eigenvalue weighted by Gasteiger charge is -2.37. The lowest BCUT2D eigenvalue weighted by atomic mass is 9.74. The second-order valence-electron chi connectivity index (χ2n) is 6.31. The maximum absolute atomic E-state index is 14.1. The van der Waals surface area contributed by atoms with Crippen molar-refractivity contribution in [3.63, 3.8) is 0 Å². The summed E-state index contributed by atoms with van der Waals surface area (Å²) < 4.78 is 14.1. The molecule has 118 valence electrons. The maximum Gasteiger partial charge on any atom is 0.127 e. The van der Waals surface area contributed by atoms with Crippen LogP contribution in [-0.4, -0.2) is 12.6 Å². The minimum absolute atomic E-state index is 0.157. The molecule has 1 fully saturated rings. The van der Waals surface area contributed by atoms with Crippen LogP contribution >= 0.6 is 11.6 Å². The van der Waals surface area contributed by atoms with Crippen LogP contribution in [0.5, 0.6) is 0 Å². The lowest BCUT2D eigenvalue weighted by molar-refractivity contribution is 0.197. The third kappa shape index (κ3) is 4.43. The van der Waals surface area contributed by atoms with Crippen molar-refractivity contribution in [2.75, 3.05) is 6.54 Å². The molecule has 0 aromatic heterocycles. The Hall–Kier alpha value is -0.600. The van der Waals surface area contributed by atoms with Gasteiger partial charge in [0.15, 0.2) is 0 Å². The molecule has 3 heteroatoms. The van der Waals surface area contributed by atoms with Gasteiger partial charge in [0.05, 0.1) is 0 Å². The van der Waals surface area contributed by atoms with Gasteiger partial charge in [-0.15, -0.1) is 0 Å². The summed E-state index contributed by atoms with van der Waals surface area (Å²) in [6.45, 7) is 5.49. The smallest absolute Gasteiger partial charge is 0.127 e. The van der Waals surface area contributed by atoms with Crippen LogP contribution in [0.3, 0.4) is 0 Å². The molecule has 0 amide bonds. The summed E-state index contributed by atoms with van der Waals surface area (Å²) in [6, 6.07) is 5.51. The normalized spacial score (nSPS) is 26.0. The molecule has 2 rings (SSSR count). The third-order valence-electron chi connectivity index (χ3n) is 4.85. The van der Waals surface area contributed by atoms with Gasteiger partial charge in [-0.25, -0.2) is 4.39 Å². The van der Waals surface area contributed by atoms with Crippen LogP contribution in [0.25, 0.3) is 0 Å². The molecule has 0 heterocycles. The molecule has 1 aromatic carbocycles. The van der Waals surface area contributed by atoms with Crippen molar-refractivity contribution >= 4 is 11.6 Å². The fourth-order valence-corrected chi connectivity index (χ4v) is 3.79. The van der Waals surface area contributed by atoms with Gasteiger partial charge in [0, 0.05) is 16.6 Å². The van der Waals surface area contributed by atoms with Crippen LogP contribution < -0.4 is 5.32 Å². The van der Waals surface area contributed by atoms with Crippen LogP contribution in [0.2, 0.25) is 5.02 Å². The molecule has 1 aliphatic carbocycles. The summed E-state index contributed by atoms with van der Waals surface area (Å²) in [4.78, 5) is 0. The van der Waals surface area contributed by atoms with Crippen LogP contribution in [0.1, 0.15) is 51.5 Å². The number of hydrogen-bond acceptors (Lipinski definition) is 1. The van der Waals surface area contributed by atoms with E-state index in [0.29, 0.717) is 22.5 Å². The molecule has 3 atom stereocenters. The summed E-state index contributed by atoms with van der Waals surface area (Å²) in [7, 11) is 0. The van der Waals surface area contributed by atoms with Gasteiger partial charge in [0.2, 0.25) is 0 Å². The van der Waals surface area contributed by atoms with Crippen molar-refractivity contribution in [1.29, 1.82) is 0 Å². The Morgan fingerprint density at radius 1 is 1.29 bits per heavy atom. The first kappa shape index (κ1) is 16.8. The Morgan fingerprint density at radius 3 is 2.76 bits per heavy atom. The molecule has 1 N–H and O–H groups in total. The van der Waals surface area contributed by atoms with E-state index < -0.39 is 0 Å². The highest BCUT2D eigenvalue weighted by atomic mass is 35.5. The molecular formula is C18H27ClFN. The van der Waals surface area contributed by atoms with Crippen molar-refractivity contribution in [3.8, 4) is 0 Å². The van der Waals surface area contributed by atoms with Crippen molar-refractivity contribution in [3.05, 3.63) is 34.6 Å². The monoisotopic (exact) mass is 311 g/mol. The van der Waals surface area contributed by atoms with Crippen LogP contribution in [0.4, 0.5) is 4.39 Å². The Labute approximate surface area is 133 Å². The van der Waals surface area contributed by atoms with Gasteiger partial charge >= 0.3 is 0 Å². The standard InChI is InChI=1S/C18H27ClFN/c1-3-10-21-18-9-8-13(4-2)11-14(18)12-15-16(19)6-5-7-17(15)20/h5-7,13-14,18,21H,3-4,8-12H2,1-2H3. The van der Waals surface area contributed by atoms with Crippen molar-refractivity contribution in [1.82, 2.24) is 5.32 Å². The van der Waals surface area contributed by atoms with Gasteiger partial charge < -0.3 is 5.32 Å². The van der Waals surface area contributed by atoms with Crippen LogP contribution in [-0.2, 0) is 6.42 Å². The van der Waals surface area contributed by atoms with Crippen molar-refractivity contribution in [2.45, 2.75) is 58.4 Å². The van der Waals surface area contributed by atoms with Gasteiger partial charge in [-0.2, -0.15) is 0 Å². The number of hydrogen-bond donors (Lipinski definition) is 1. The molecule has 0 spiro atoms. The molecule has 1 nitrogen and oxygen atoms in total. The zero-order valence-corrected chi connectivity index (χ0v) is 13.9. The van der Waals surface area contributed by atoms with E-state index in [1.54, 1.807) is 12.1 Å². The molecular weight excluding hydrogens is 285 g/mol. The third-order valence-corrected chi connectivity index (χ3v) is 5.21. The topological polar surface area (TPSA) is 12.0 Å². The van der Waals surface area contributed by atoms with Crippen molar-refractivity contribution in [2.24, 2.45) is 11.8 Å². The Bertz CT molecular complexity index is 429. The first-order valence-electron chi connectivity index (χ1n) is 8.31. The van der Waals surface area contributed by atoms with Crippen LogP contribution in [0.15, 0.2) is 18.2 Å². The maximum atomic E-state index is 14.1. The summed E-state index contributed by atoms with van der Waals surface area (Å²) in [6.07, 6.45) is 6.80. The highest BCUT2D eigenvalue weighted by molar-refractivity contribution is 6.31. The minimum atomic E-state index is -0.157. The zero-order chi connectivity index (χ0) is 15.2. The Kier molecular flexibility index (Phi) is 6.50. The molecule has 0 aliphatic heterocycles.